The predicted octanol–water partition coefficient (Wildman–Crippen LogP) is 4.31. The van der Waals surface area contributed by atoms with Crippen molar-refractivity contribution < 1.29 is 4.39 Å². The summed E-state index contributed by atoms with van der Waals surface area (Å²) in [5.41, 5.74) is 1.37. The summed E-state index contributed by atoms with van der Waals surface area (Å²) in [5, 5.41) is 0.697. The van der Waals surface area contributed by atoms with Crippen molar-refractivity contribution in [2.24, 2.45) is 9.98 Å². The number of aliphatic imine (C=N–C) groups is 2. The van der Waals surface area contributed by atoms with Crippen LogP contribution in [0.2, 0.25) is 10.0 Å². The van der Waals surface area contributed by atoms with E-state index in [-0.39, 0.29) is 5.02 Å². The molecule has 8 heteroatoms. The molecular weight excluding hydrogens is 400 g/mol. The lowest BCUT2D eigenvalue weighted by atomic mass is 10.1. The van der Waals surface area contributed by atoms with Gasteiger partial charge in [0, 0.05) is 51.1 Å². The first kappa shape index (κ1) is 20.3. The second kappa shape index (κ2) is 9.17. The number of allylic oxidation sites excluding steroid dienone is 1. The Labute approximate surface area is 173 Å². The van der Waals surface area contributed by atoms with Crippen molar-refractivity contribution in [3.63, 3.8) is 0 Å². The number of hydrogen-bond donors (Lipinski definition) is 0. The van der Waals surface area contributed by atoms with Crippen LogP contribution < -0.4 is 4.90 Å². The van der Waals surface area contributed by atoms with Crippen LogP contribution in [0.25, 0.3) is 0 Å². The van der Waals surface area contributed by atoms with Crippen molar-refractivity contribution in [1.82, 2.24) is 9.88 Å². The zero-order valence-electron chi connectivity index (χ0n) is 15.4. The lowest BCUT2D eigenvalue weighted by molar-refractivity contribution is 0.319. The molecule has 3 rings (SSSR count). The number of aromatic nitrogens is 1. The van der Waals surface area contributed by atoms with Gasteiger partial charge in [-0.2, -0.15) is 0 Å². The zero-order chi connectivity index (χ0) is 20.1. The van der Waals surface area contributed by atoms with E-state index in [0.717, 1.165) is 32.0 Å². The molecule has 2 aromatic rings. The summed E-state index contributed by atoms with van der Waals surface area (Å²) in [7, 11) is 1.67. The SMILES string of the molecule is C=N/C(=C\C(=NC)c1ccc(F)c(Cl)c1)N1CCN(c2ncccc2Cl)CC1. The van der Waals surface area contributed by atoms with Gasteiger partial charge in [0.2, 0.25) is 0 Å². The van der Waals surface area contributed by atoms with E-state index < -0.39 is 5.82 Å². The van der Waals surface area contributed by atoms with Gasteiger partial charge >= 0.3 is 0 Å². The van der Waals surface area contributed by atoms with Gasteiger partial charge in [-0.3, -0.25) is 4.99 Å². The Hall–Kier alpha value is -2.44. The van der Waals surface area contributed by atoms with Gasteiger partial charge in [-0.1, -0.05) is 23.2 Å². The van der Waals surface area contributed by atoms with E-state index in [4.69, 9.17) is 23.2 Å². The molecule has 1 aliphatic heterocycles. The van der Waals surface area contributed by atoms with Gasteiger partial charge in [-0.15, -0.1) is 0 Å². The van der Waals surface area contributed by atoms with Crippen LogP contribution in [0, 0.1) is 5.82 Å². The van der Waals surface area contributed by atoms with Gasteiger partial charge < -0.3 is 9.80 Å². The number of anilines is 1. The van der Waals surface area contributed by atoms with Crippen LogP contribution in [-0.2, 0) is 0 Å². The maximum atomic E-state index is 13.4. The fourth-order valence-corrected chi connectivity index (χ4v) is 3.47. The topological polar surface area (TPSA) is 44.1 Å². The van der Waals surface area contributed by atoms with Crippen LogP contribution in [0.15, 0.2) is 58.4 Å². The van der Waals surface area contributed by atoms with Crippen LogP contribution in [0.5, 0.6) is 0 Å². The molecule has 1 aromatic heterocycles. The van der Waals surface area contributed by atoms with Gasteiger partial charge in [0.15, 0.2) is 0 Å². The first-order chi connectivity index (χ1) is 13.5. The molecule has 0 saturated carbocycles. The van der Waals surface area contributed by atoms with Crippen molar-refractivity contribution in [3.8, 4) is 0 Å². The maximum Gasteiger partial charge on any atom is 0.147 e. The summed E-state index contributed by atoms with van der Waals surface area (Å²) in [6, 6.07) is 8.18. The van der Waals surface area contributed by atoms with Gasteiger partial charge in [0.25, 0.3) is 0 Å². The molecule has 0 amide bonds. The minimum atomic E-state index is -0.462. The number of rotatable bonds is 5. The summed E-state index contributed by atoms with van der Waals surface area (Å²) in [5.74, 6) is 1.03. The van der Waals surface area contributed by atoms with Gasteiger partial charge in [0.05, 0.1) is 15.8 Å². The second-order valence-corrected chi connectivity index (χ2v) is 7.00. The number of halogens is 3. The molecule has 1 saturated heterocycles. The molecule has 28 heavy (non-hydrogen) atoms. The van der Waals surface area contributed by atoms with Crippen molar-refractivity contribution in [1.29, 1.82) is 0 Å². The molecule has 2 heterocycles. The third kappa shape index (κ3) is 4.51. The van der Waals surface area contributed by atoms with Crippen LogP contribution in [0.4, 0.5) is 10.2 Å². The molecule has 5 nitrogen and oxygen atoms in total. The largest absolute Gasteiger partial charge is 0.353 e. The van der Waals surface area contributed by atoms with Crippen molar-refractivity contribution in [3.05, 3.63) is 69.9 Å². The second-order valence-electron chi connectivity index (χ2n) is 6.18. The summed E-state index contributed by atoms with van der Waals surface area (Å²) in [4.78, 5) is 17.1. The first-order valence-electron chi connectivity index (χ1n) is 8.74. The van der Waals surface area contributed by atoms with Crippen molar-refractivity contribution in [2.75, 3.05) is 38.1 Å². The smallest absolute Gasteiger partial charge is 0.147 e. The molecule has 0 N–H and O–H groups in total. The fraction of sp³-hybridized carbons (Fsp3) is 0.250. The zero-order valence-corrected chi connectivity index (χ0v) is 17.0. The molecule has 0 spiro atoms. The maximum absolute atomic E-state index is 13.4. The molecule has 1 fully saturated rings. The summed E-state index contributed by atoms with van der Waals surface area (Å²) in [6.07, 6.45) is 3.57. The Morgan fingerprint density at radius 2 is 1.93 bits per heavy atom. The third-order valence-electron chi connectivity index (χ3n) is 4.53. The average Bonchev–Trinajstić information content (AvgIpc) is 2.72. The fourth-order valence-electron chi connectivity index (χ4n) is 3.05. The standard InChI is InChI=1S/C20H20Cl2FN5/c1-24-18(14-5-6-17(23)16(22)12-14)13-19(25-2)27-8-10-28(11-9-27)20-15(21)4-3-7-26-20/h3-7,12-13H,2,8-11H2,1H3/b19-13+,24-18?. The minimum absolute atomic E-state index is 0.0565. The molecule has 0 radical (unpaired) electrons. The predicted molar refractivity (Wildman–Crippen MR) is 115 cm³/mol. The van der Waals surface area contributed by atoms with E-state index in [1.807, 2.05) is 18.2 Å². The van der Waals surface area contributed by atoms with Gasteiger partial charge in [0.1, 0.15) is 17.5 Å². The normalized spacial score (nSPS) is 15.7. The highest BCUT2D eigenvalue weighted by molar-refractivity contribution is 6.33. The number of piperazine rings is 1. The van der Waals surface area contributed by atoms with Gasteiger partial charge in [-0.05, 0) is 37.0 Å². The molecule has 0 bridgehead atoms. The quantitative estimate of drug-likeness (QED) is 0.678. The van der Waals surface area contributed by atoms with E-state index in [2.05, 4.69) is 31.5 Å². The van der Waals surface area contributed by atoms with Crippen LogP contribution in [0.1, 0.15) is 5.56 Å². The Bertz CT molecular complexity index is 921. The van der Waals surface area contributed by atoms with Crippen LogP contribution >= 0.6 is 23.2 Å². The molecule has 146 valence electrons. The number of pyridine rings is 1. The van der Waals surface area contributed by atoms with E-state index in [0.29, 0.717) is 22.1 Å². The monoisotopic (exact) mass is 419 g/mol. The number of nitrogens with zero attached hydrogens (tertiary/aromatic N) is 5. The summed E-state index contributed by atoms with van der Waals surface area (Å²) in [6.45, 7) is 6.67. The lowest BCUT2D eigenvalue weighted by Gasteiger charge is -2.36. The molecule has 1 aromatic carbocycles. The minimum Gasteiger partial charge on any atom is -0.353 e. The lowest BCUT2D eigenvalue weighted by Crippen LogP contribution is -2.46. The highest BCUT2D eigenvalue weighted by atomic mass is 35.5. The van der Waals surface area contributed by atoms with E-state index in [1.165, 1.54) is 6.07 Å². The van der Waals surface area contributed by atoms with E-state index in [9.17, 15) is 4.39 Å². The Morgan fingerprint density at radius 1 is 1.18 bits per heavy atom. The molecular formula is C20H20Cl2FN5. The molecule has 1 aliphatic rings. The highest BCUT2D eigenvalue weighted by Gasteiger charge is 2.21. The Kier molecular flexibility index (Phi) is 6.65. The molecule has 0 atom stereocenters. The van der Waals surface area contributed by atoms with E-state index in [1.54, 1.807) is 25.4 Å². The first-order valence-corrected chi connectivity index (χ1v) is 9.50. The molecule has 0 aliphatic carbocycles. The Morgan fingerprint density at radius 3 is 2.54 bits per heavy atom. The summed E-state index contributed by atoms with van der Waals surface area (Å²) >= 11 is 12.2. The summed E-state index contributed by atoms with van der Waals surface area (Å²) < 4.78 is 13.4. The van der Waals surface area contributed by atoms with E-state index >= 15 is 0 Å². The number of benzene rings is 1. The average molecular weight is 420 g/mol. The van der Waals surface area contributed by atoms with Crippen LogP contribution in [-0.4, -0.2) is 55.5 Å². The number of hydrogen-bond acceptors (Lipinski definition) is 5. The molecule has 0 unspecified atom stereocenters. The third-order valence-corrected chi connectivity index (χ3v) is 5.11. The Balaban J connectivity index is 1.75. The van der Waals surface area contributed by atoms with Crippen molar-refractivity contribution >= 4 is 41.4 Å². The van der Waals surface area contributed by atoms with Gasteiger partial charge in [-0.25, -0.2) is 14.4 Å². The highest BCUT2D eigenvalue weighted by Crippen LogP contribution is 2.24. The van der Waals surface area contributed by atoms with Crippen molar-refractivity contribution in [2.45, 2.75) is 0 Å². The van der Waals surface area contributed by atoms with Crippen LogP contribution in [0.3, 0.4) is 0 Å².